The third kappa shape index (κ3) is 1.82. The van der Waals surface area contributed by atoms with Gasteiger partial charge < -0.3 is 10.4 Å². The quantitative estimate of drug-likeness (QED) is 0.697. The van der Waals surface area contributed by atoms with E-state index in [1.165, 1.54) is 4.90 Å². The van der Waals surface area contributed by atoms with Crippen LogP contribution in [-0.2, 0) is 0 Å². The summed E-state index contributed by atoms with van der Waals surface area (Å²) < 4.78 is 13.5. The first-order chi connectivity index (χ1) is 6.70. The molecule has 0 aromatic carbocycles. The van der Waals surface area contributed by atoms with Gasteiger partial charge in [-0.25, -0.2) is 9.18 Å². The SMILES string of the molecule is O=C(O)N(C1CC1)[C@@H]1CCNC[C@H]1F. The van der Waals surface area contributed by atoms with Crippen molar-refractivity contribution in [3.8, 4) is 0 Å². The Labute approximate surface area is 82.1 Å². The van der Waals surface area contributed by atoms with Gasteiger partial charge in [0.05, 0.1) is 6.04 Å². The van der Waals surface area contributed by atoms with E-state index in [0.717, 1.165) is 12.8 Å². The molecule has 1 aliphatic heterocycles. The Morgan fingerprint density at radius 1 is 1.43 bits per heavy atom. The fourth-order valence-corrected chi connectivity index (χ4v) is 2.04. The van der Waals surface area contributed by atoms with Crippen LogP contribution in [0.3, 0.4) is 0 Å². The van der Waals surface area contributed by atoms with E-state index >= 15 is 0 Å². The number of nitrogens with zero attached hydrogens (tertiary/aromatic N) is 1. The first-order valence-electron chi connectivity index (χ1n) is 5.06. The van der Waals surface area contributed by atoms with E-state index in [1.807, 2.05) is 0 Å². The minimum atomic E-state index is -1.06. The number of carboxylic acid groups (broad SMARTS) is 1. The molecule has 0 unspecified atom stereocenters. The summed E-state index contributed by atoms with van der Waals surface area (Å²) in [5.74, 6) is 0. The zero-order valence-electron chi connectivity index (χ0n) is 7.95. The summed E-state index contributed by atoms with van der Waals surface area (Å²) in [6.45, 7) is 0.989. The van der Waals surface area contributed by atoms with Gasteiger partial charge in [0.15, 0.2) is 0 Å². The molecule has 1 aliphatic carbocycles. The number of hydrogen-bond acceptors (Lipinski definition) is 2. The highest BCUT2D eigenvalue weighted by atomic mass is 19.1. The zero-order chi connectivity index (χ0) is 10.1. The lowest BCUT2D eigenvalue weighted by molar-refractivity contribution is 0.0697. The monoisotopic (exact) mass is 202 g/mol. The molecule has 1 saturated heterocycles. The maximum atomic E-state index is 13.5. The van der Waals surface area contributed by atoms with Crippen molar-refractivity contribution < 1.29 is 14.3 Å². The van der Waals surface area contributed by atoms with Gasteiger partial charge in [0.1, 0.15) is 6.17 Å². The zero-order valence-corrected chi connectivity index (χ0v) is 7.95. The highest BCUT2D eigenvalue weighted by Gasteiger charge is 2.41. The summed E-state index contributed by atoms with van der Waals surface area (Å²) in [5.41, 5.74) is 0. The number of alkyl halides is 1. The van der Waals surface area contributed by atoms with E-state index in [2.05, 4.69) is 5.32 Å². The third-order valence-electron chi connectivity index (χ3n) is 2.89. The van der Waals surface area contributed by atoms with Crippen molar-refractivity contribution in [1.82, 2.24) is 10.2 Å². The summed E-state index contributed by atoms with van der Waals surface area (Å²) in [5, 5.41) is 11.9. The second-order valence-corrected chi connectivity index (χ2v) is 4.00. The molecule has 0 aromatic rings. The van der Waals surface area contributed by atoms with E-state index in [1.54, 1.807) is 0 Å². The first kappa shape index (κ1) is 9.71. The number of halogens is 1. The van der Waals surface area contributed by atoms with Crippen LogP contribution in [0.1, 0.15) is 19.3 Å². The van der Waals surface area contributed by atoms with Gasteiger partial charge in [-0.2, -0.15) is 0 Å². The second-order valence-electron chi connectivity index (χ2n) is 4.00. The molecule has 1 saturated carbocycles. The molecular weight excluding hydrogens is 187 g/mol. The summed E-state index contributed by atoms with van der Waals surface area (Å²) >= 11 is 0. The van der Waals surface area contributed by atoms with Crippen molar-refractivity contribution in [3.63, 3.8) is 0 Å². The Kier molecular flexibility index (Phi) is 2.58. The average molecular weight is 202 g/mol. The van der Waals surface area contributed by atoms with Crippen molar-refractivity contribution in [2.24, 2.45) is 0 Å². The predicted octanol–water partition coefficient (Wildman–Crippen LogP) is 0.829. The fourth-order valence-electron chi connectivity index (χ4n) is 2.04. The van der Waals surface area contributed by atoms with Crippen molar-refractivity contribution in [3.05, 3.63) is 0 Å². The normalized spacial score (nSPS) is 32.6. The van der Waals surface area contributed by atoms with Crippen molar-refractivity contribution in [2.45, 2.75) is 37.5 Å². The molecule has 4 nitrogen and oxygen atoms in total. The van der Waals surface area contributed by atoms with Gasteiger partial charge in [0, 0.05) is 12.6 Å². The topological polar surface area (TPSA) is 52.6 Å². The summed E-state index contributed by atoms with van der Waals surface area (Å²) in [6, 6.07) is -0.352. The lowest BCUT2D eigenvalue weighted by Crippen LogP contribution is -2.53. The largest absolute Gasteiger partial charge is 0.465 e. The fraction of sp³-hybridized carbons (Fsp3) is 0.889. The molecular formula is C9H15FN2O2. The molecule has 2 aliphatic rings. The minimum absolute atomic E-state index is 0.0776. The number of amides is 1. The maximum absolute atomic E-state index is 13.5. The van der Waals surface area contributed by atoms with Gasteiger partial charge in [-0.05, 0) is 25.8 Å². The van der Waals surface area contributed by atoms with Crippen LogP contribution in [0.15, 0.2) is 0 Å². The molecule has 0 bridgehead atoms. The molecule has 0 spiro atoms. The minimum Gasteiger partial charge on any atom is -0.465 e. The van der Waals surface area contributed by atoms with Crippen molar-refractivity contribution in [1.29, 1.82) is 0 Å². The van der Waals surface area contributed by atoms with Crippen LogP contribution in [0.25, 0.3) is 0 Å². The molecule has 2 atom stereocenters. The van der Waals surface area contributed by atoms with Crippen LogP contribution in [0.4, 0.5) is 9.18 Å². The lowest BCUT2D eigenvalue weighted by atomic mass is 10.0. The molecule has 2 fully saturated rings. The number of hydrogen-bond donors (Lipinski definition) is 2. The first-order valence-corrected chi connectivity index (χ1v) is 5.06. The predicted molar refractivity (Wildman–Crippen MR) is 49.1 cm³/mol. The van der Waals surface area contributed by atoms with E-state index in [9.17, 15) is 9.18 Å². The highest BCUT2D eigenvalue weighted by Crippen LogP contribution is 2.31. The van der Waals surface area contributed by atoms with Gasteiger partial charge in [-0.1, -0.05) is 0 Å². The molecule has 2 N–H and O–H groups in total. The molecule has 14 heavy (non-hydrogen) atoms. The molecule has 0 radical (unpaired) electrons. The van der Waals surface area contributed by atoms with Gasteiger partial charge in [-0.3, -0.25) is 4.90 Å². The molecule has 1 heterocycles. The Morgan fingerprint density at radius 2 is 2.14 bits per heavy atom. The van der Waals surface area contributed by atoms with Crippen LogP contribution >= 0.6 is 0 Å². The Bertz CT molecular complexity index is 233. The third-order valence-corrected chi connectivity index (χ3v) is 2.89. The van der Waals surface area contributed by atoms with Gasteiger partial charge in [0.25, 0.3) is 0 Å². The Hall–Kier alpha value is -0.840. The molecule has 80 valence electrons. The van der Waals surface area contributed by atoms with Gasteiger partial charge in [0.2, 0.25) is 0 Å². The highest BCUT2D eigenvalue weighted by molar-refractivity contribution is 5.66. The summed E-state index contributed by atoms with van der Waals surface area (Å²) in [7, 11) is 0. The number of carbonyl (C=O) groups is 1. The number of nitrogens with one attached hydrogen (secondary N) is 1. The smallest absolute Gasteiger partial charge is 0.407 e. The Balaban J connectivity index is 2.04. The van der Waals surface area contributed by atoms with Gasteiger partial charge in [-0.15, -0.1) is 0 Å². The number of piperidine rings is 1. The van der Waals surface area contributed by atoms with Gasteiger partial charge >= 0.3 is 6.09 Å². The Morgan fingerprint density at radius 3 is 2.64 bits per heavy atom. The standard InChI is InChI=1S/C9H15FN2O2/c10-7-5-11-4-3-8(7)12(9(13)14)6-1-2-6/h6-8,11H,1-5H2,(H,13,14)/t7-,8-/m1/s1. The van der Waals surface area contributed by atoms with Crippen LogP contribution in [0.5, 0.6) is 0 Å². The molecule has 0 aromatic heterocycles. The van der Waals surface area contributed by atoms with E-state index in [4.69, 9.17) is 5.11 Å². The lowest BCUT2D eigenvalue weighted by Gasteiger charge is -2.35. The molecule has 2 rings (SSSR count). The van der Waals surface area contributed by atoms with Crippen LogP contribution < -0.4 is 5.32 Å². The summed E-state index contributed by atoms with van der Waals surface area (Å²) in [6.07, 6.45) is 0.345. The van der Waals surface area contributed by atoms with Crippen molar-refractivity contribution >= 4 is 6.09 Å². The maximum Gasteiger partial charge on any atom is 0.407 e. The van der Waals surface area contributed by atoms with Crippen LogP contribution in [0.2, 0.25) is 0 Å². The van der Waals surface area contributed by atoms with Crippen LogP contribution in [-0.4, -0.2) is 47.4 Å². The summed E-state index contributed by atoms with van der Waals surface area (Å²) in [4.78, 5) is 12.3. The molecule has 1 amide bonds. The van der Waals surface area contributed by atoms with Crippen molar-refractivity contribution in [2.75, 3.05) is 13.1 Å². The van der Waals surface area contributed by atoms with Crippen LogP contribution in [0, 0.1) is 0 Å². The number of rotatable bonds is 2. The second kappa shape index (κ2) is 3.73. The van der Waals surface area contributed by atoms with E-state index in [0.29, 0.717) is 13.0 Å². The molecule has 5 heteroatoms. The van der Waals surface area contributed by atoms with E-state index in [-0.39, 0.29) is 12.6 Å². The van der Waals surface area contributed by atoms with E-state index < -0.39 is 18.3 Å². The average Bonchev–Trinajstić information content (AvgIpc) is 2.92.